The second-order valence-corrected chi connectivity index (χ2v) is 2.97. The molecule has 2 nitrogen and oxygen atoms in total. The molecule has 0 spiro atoms. The molecule has 0 bridgehead atoms. The summed E-state index contributed by atoms with van der Waals surface area (Å²) in [4.78, 5) is 11.5. The number of hydrogen-bond acceptors (Lipinski definition) is 2. The van der Waals surface area contributed by atoms with Crippen LogP contribution in [0.25, 0.3) is 0 Å². The van der Waals surface area contributed by atoms with Gasteiger partial charge < -0.3 is 5.73 Å². The zero-order valence-electron chi connectivity index (χ0n) is 8.21. The second-order valence-electron chi connectivity index (χ2n) is 2.97. The number of nitrogens with two attached hydrogens (primary N) is 1. The lowest BCUT2D eigenvalue weighted by atomic mass is 10.1. The lowest BCUT2D eigenvalue weighted by molar-refractivity contribution is 0.0984. The third kappa shape index (κ3) is 2.95. The van der Waals surface area contributed by atoms with E-state index in [2.05, 4.69) is 11.8 Å². The van der Waals surface area contributed by atoms with Crippen LogP contribution in [0.4, 0.5) is 5.69 Å². The molecule has 2 N–H and O–H groups in total. The average Bonchev–Trinajstić information content (AvgIpc) is 2.19. The average molecular weight is 187 g/mol. The monoisotopic (exact) mass is 187 g/mol. The predicted octanol–water partition coefficient (Wildman–Crippen LogP) is 2.26. The molecule has 0 aliphatic rings. The molecule has 1 aromatic carbocycles. The molecule has 72 valence electrons. The smallest absolute Gasteiger partial charge is 0.163 e. The highest BCUT2D eigenvalue weighted by molar-refractivity contribution is 5.96. The topological polar surface area (TPSA) is 43.1 Å². The van der Waals surface area contributed by atoms with E-state index in [1.807, 2.05) is 0 Å². The van der Waals surface area contributed by atoms with Gasteiger partial charge in [-0.25, -0.2) is 0 Å². The Morgan fingerprint density at radius 1 is 1.36 bits per heavy atom. The third-order valence-corrected chi connectivity index (χ3v) is 1.89. The van der Waals surface area contributed by atoms with E-state index >= 15 is 0 Å². The van der Waals surface area contributed by atoms with E-state index in [4.69, 9.17) is 5.73 Å². The first kappa shape index (κ1) is 10.3. The van der Waals surface area contributed by atoms with Gasteiger partial charge in [-0.1, -0.05) is 0 Å². The summed E-state index contributed by atoms with van der Waals surface area (Å²) in [5.41, 5.74) is 6.90. The van der Waals surface area contributed by atoms with E-state index in [1.165, 1.54) is 0 Å². The van der Waals surface area contributed by atoms with Crippen molar-refractivity contribution in [2.75, 3.05) is 5.73 Å². The van der Waals surface area contributed by atoms with E-state index in [0.717, 1.165) is 0 Å². The predicted molar refractivity (Wildman–Crippen MR) is 57.9 cm³/mol. The fourth-order valence-corrected chi connectivity index (χ4v) is 1.11. The van der Waals surface area contributed by atoms with Gasteiger partial charge in [0.1, 0.15) is 0 Å². The van der Waals surface area contributed by atoms with Crippen LogP contribution in [-0.4, -0.2) is 5.78 Å². The zero-order chi connectivity index (χ0) is 10.4. The summed E-state index contributed by atoms with van der Waals surface area (Å²) >= 11 is 0. The van der Waals surface area contributed by atoms with Crippen molar-refractivity contribution in [2.45, 2.75) is 19.8 Å². The van der Waals surface area contributed by atoms with Crippen molar-refractivity contribution < 1.29 is 4.79 Å². The molecule has 2 heteroatoms. The van der Waals surface area contributed by atoms with Gasteiger partial charge in [0, 0.05) is 24.1 Å². The molecule has 0 saturated heterocycles. The van der Waals surface area contributed by atoms with E-state index in [-0.39, 0.29) is 5.78 Å². The minimum absolute atomic E-state index is 0.118. The number of benzene rings is 1. The van der Waals surface area contributed by atoms with Crippen LogP contribution >= 0.6 is 0 Å². The summed E-state index contributed by atoms with van der Waals surface area (Å²) < 4.78 is 0. The summed E-state index contributed by atoms with van der Waals surface area (Å²) in [6.07, 6.45) is 1.10. The molecule has 0 aliphatic carbocycles. The van der Waals surface area contributed by atoms with Crippen molar-refractivity contribution in [1.82, 2.24) is 0 Å². The largest absolute Gasteiger partial charge is 0.399 e. The number of Topliss-reactive ketones (excluding diaryl/α,β-unsaturated/α-hetero) is 1. The Bertz CT molecular complexity index is 368. The van der Waals surface area contributed by atoms with Crippen molar-refractivity contribution in [3.63, 3.8) is 0 Å². The summed E-state index contributed by atoms with van der Waals surface area (Å²) in [6.45, 7) is 1.77. The quantitative estimate of drug-likeness (QED) is 0.448. The summed E-state index contributed by atoms with van der Waals surface area (Å²) in [6, 6.07) is 6.96. The molecule has 0 unspecified atom stereocenters. The Labute approximate surface area is 84.1 Å². The highest BCUT2D eigenvalue weighted by Gasteiger charge is 2.03. The highest BCUT2D eigenvalue weighted by atomic mass is 16.1. The fourth-order valence-electron chi connectivity index (χ4n) is 1.11. The van der Waals surface area contributed by atoms with E-state index < -0.39 is 0 Å². The maximum atomic E-state index is 11.5. The Morgan fingerprint density at radius 3 is 2.57 bits per heavy atom. The van der Waals surface area contributed by atoms with Crippen LogP contribution in [0.2, 0.25) is 0 Å². The van der Waals surface area contributed by atoms with E-state index in [0.29, 0.717) is 24.1 Å². The molecule has 14 heavy (non-hydrogen) atoms. The Kier molecular flexibility index (Phi) is 3.75. The Balaban J connectivity index is 2.59. The molecule has 0 fully saturated rings. The fraction of sp³-hybridized carbons (Fsp3) is 0.250. The number of carbonyl (C=O) groups is 1. The summed E-state index contributed by atoms with van der Waals surface area (Å²) in [7, 11) is 0. The van der Waals surface area contributed by atoms with Crippen molar-refractivity contribution in [3.05, 3.63) is 29.8 Å². The van der Waals surface area contributed by atoms with Gasteiger partial charge in [-0.05, 0) is 31.2 Å². The number of carbonyl (C=O) groups excluding carboxylic acids is 1. The molecule has 0 heterocycles. The molecule has 0 aromatic heterocycles. The van der Waals surface area contributed by atoms with Gasteiger partial charge in [-0.2, -0.15) is 0 Å². The van der Waals surface area contributed by atoms with Crippen LogP contribution in [0.3, 0.4) is 0 Å². The van der Waals surface area contributed by atoms with Crippen LogP contribution in [0, 0.1) is 11.8 Å². The molecular weight excluding hydrogens is 174 g/mol. The zero-order valence-corrected chi connectivity index (χ0v) is 8.21. The van der Waals surface area contributed by atoms with Gasteiger partial charge in [-0.15, -0.1) is 11.8 Å². The SMILES string of the molecule is CC#CCCC(=O)c1ccc(N)cc1. The minimum Gasteiger partial charge on any atom is -0.399 e. The highest BCUT2D eigenvalue weighted by Crippen LogP contribution is 2.08. The van der Waals surface area contributed by atoms with Gasteiger partial charge in [-0.3, -0.25) is 4.79 Å². The Hall–Kier alpha value is -1.75. The molecule has 1 rings (SSSR count). The molecule has 0 amide bonds. The van der Waals surface area contributed by atoms with Crippen LogP contribution in [-0.2, 0) is 0 Å². The standard InChI is InChI=1S/C12H13NO/c1-2-3-4-5-12(14)10-6-8-11(13)9-7-10/h6-9H,4-5,13H2,1H3. The first-order valence-electron chi connectivity index (χ1n) is 4.52. The van der Waals surface area contributed by atoms with Crippen LogP contribution in [0.15, 0.2) is 24.3 Å². The molecule has 0 radical (unpaired) electrons. The molecule has 0 aliphatic heterocycles. The van der Waals surface area contributed by atoms with Crippen LogP contribution < -0.4 is 5.73 Å². The summed E-state index contributed by atoms with van der Waals surface area (Å²) in [5.74, 6) is 5.74. The number of nitrogen functional groups attached to an aromatic ring is 1. The lowest BCUT2D eigenvalue weighted by Gasteiger charge is -1.98. The minimum atomic E-state index is 0.118. The van der Waals surface area contributed by atoms with Crippen molar-refractivity contribution in [3.8, 4) is 11.8 Å². The first-order chi connectivity index (χ1) is 6.74. The van der Waals surface area contributed by atoms with Gasteiger partial charge in [0.05, 0.1) is 0 Å². The first-order valence-corrected chi connectivity index (χ1v) is 4.52. The van der Waals surface area contributed by atoms with E-state index in [9.17, 15) is 4.79 Å². The van der Waals surface area contributed by atoms with Crippen molar-refractivity contribution in [2.24, 2.45) is 0 Å². The number of ketones is 1. The van der Waals surface area contributed by atoms with Gasteiger partial charge >= 0.3 is 0 Å². The van der Waals surface area contributed by atoms with Gasteiger partial charge in [0.2, 0.25) is 0 Å². The van der Waals surface area contributed by atoms with E-state index in [1.54, 1.807) is 31.2 Å². The van der Waals surface area contributed by atoms with Crippen molar-refractivity contribution >= 4 is 11.5 Å². The maximum absolute atomic E-state index is 11.5. The second kappa shape index (κ2) is 5.08. The van der Waals surface area contributed by atoms with Gasteiger partial charge in [0.15, 0.2) is 5.78 Å². The number of anilines is 1. The van der Waals surface area contributed by atoms with Crippen LogP contribution in [0.5, 0.6) is 0 Å². The van der Waals surface area contributed by atoms with Crippen LogP contribution in [0.1, 0.15) is 30.1 Å². The number of rotatable bonds is 3. The molecule has 0 saturated carbocycles. The molecular formula is C12H13NO. The maximum Gasteiger partial charge on any atom is 0.163 e. The Morgan fingerprint density at radius 2 is 2.00 bits per heavy atom. The molecule has 1 aromatic rings. The van der Waals surface area contributed by atoms with Crippen molar-refractivity contribution in [1.29, 1.82) is 0 Å². The molecule has 0 atom stereocenters. The summed E-state index contributed by atoms with van der Waals surface area (Å²) in [5, 5.41) is 0. The number of hydrogen-bond donors (Lipinski definition) is 1. The normalized spacial score (nSPS) is 8.93. The van der Waals surface area contributed by atoms with Gasteiger partial charge in [0.25, 0.3) is 0 Å². The third-order valence-electron chi connectivity index (χ3n) is 1.89. The lowest BCUT2D eigenvalue weighted by Crippen LogP contribution is -1.98.